The van der Waals surface area contributed by atoms with Crippen LogP contribution in [-0.4, -0.2) is 50.0 Å². The molecule has 0 fully saturated rings. The standard InChI is InChI=1S/C7H16N2OS/c1-8-4-5-9(2)7(10)6-11-3/h8H,4-6H2,1-3H3. The molecule has 0 spiro atoms. The first-order chi connectivity index (χ1) is 5.22. The zero-order valence-electron chi connectivity index (χ0n) is 7.39. The van der Waals surface area contributed by atoms with Crippen LogP contribution in [-0.2, 0) is 4.79 Å². The molecule has 3 nitrogen and oxygen atoms in total. The molecule has 0 aliphatic rings. The molecule has 0 aromatic heterocycles. The van der Waals surface area contributed by atoms with Crippen LogP contribution in [0.25, 0.3) is 0 Å². The number of nitrogens with zero attached hydrogens (tertiary/aromatic N) is 1. The highest BCUT2D eigenvalue weighted by molar-refractivity contribution is 7.99. The second-order valence-corrected chi connectivity index (χ2v) is 3.22. The summed E-state index contributed by atoms with van der Waals surface area (Å²) >= 11 is 1.56. The first kappa shape index (κ1) is 10.8. The smallest absolute Gasteiger partial charge is 0.232 e. The molecule has 0 aliphatic carbocycles. The summed E-state index contributed by atoms with van der Waals surface area (Å²) in [6, 6.07) is 0. The lowest BCUT2D eigenvalue weighted by Gasteiger charge is -2.15. The Balaban J connectivity index is 3.46. The molecule has 0 aromatic rings. The summed E-state index contributed by atoms with van der Waals surface area (Å²) in [7, 11) is 3.71. The van der Waals surface area contributed by atoms with E-state index >= 15 is 0 Å². The number of rotatable bonds is 5. The topological polar surface area (TPSA) is 32.3 Å². The number of hydrogen-bond donors (Lipinski definition) is 1. The zero-order valence-corrected chi connectivity index (χ0v) is 8.20. The third kappa shape index (κ3) is 5.09. The Kier molecular flexibility index (Phi) is 6.36. The molecule has 4 heteroatoms. The van der Waals surface area contributed by atoms with Gasteiger partial charge in [0.15, 0.2) is 0 Å². The van der Waals surface area contributed by atoms with Crippen LogP contribution >= 0.6 is 11.8 Å². The first-order valence-corrected chi connectivity index (χ1v) is 4.99. The number of carbonyl (C=O) groups is 1. The zero-order chi connectivity index (χ0) is 8.69. The lowest BCUT2D eigenvalue weighted by molar-refractivity contribution is -0.127. The van der Waals surface area contributed by atoms with E-state index in [2.05, 4.69) is 5.32 Å². The maximum Gasteiger partial charge on any atom is 0.232 e. The van der Waals surface area contributed by atoms with Crippen LogP contribution in [0.3, 0.4) is 0 Å². The van der Waals surface area contributed by atoms with Crippen LogP contribution in [0.5, 0.6) is 0 Å². The van der Waals surface area contributed by atoms with Crippen molar-refractivity contribution in [1.29, 1.82) is 0 Å². The first-order valence-electron chi connectivity index (χ1n) is 3.60. The minimum atomic E-state index is 0.202. The van der Waals surface area contributed by atoms with E-state index < -0.39 is 0 Å². The van der Waals surface area contributed by atoms with Crippen molar-refractivity contribution in [2.24, 2.45) is 0 Å². The number of hydrogen-bond acceptors (Lipinski definition) is 3. The summed E-state index contributed by atoms with van der Waals surface area (Å²) in [6.07, 6.45) is 1.93. The largest absolute Gasteiger partial charge is 0.344 e. The monoisotopic (exact) mass is 176 g/mol. The van der Waals surface area contributed by atoms with E-state index in [0.29, 0.717) is 5.75 Å². The van der Waals surface area contributed by atoms with E-state index in [4.69, 9.17) is 0 Å². The van der Waals surface area contributed by atoms with E-state index in [9.17, 15) is 4.79 Å². The number of thioether (sulfide) groups is 1. The normalized spacial score (nSPS) is 9.73. The molecule has 0 unspecified atom stereocenters. The predicted molar refractivity (Wildman–Crippen MR) is 49.9 cm³/mol. The van der Waals surface area contributed by atoms with E-state index in [0.717, 1.165) is 13.1 Å². The van der Waals surface area contributed by atoms with Gasteiger partial charge in [-0.05, 0) is 13.3 Å². The lowest BCUT2D eigenvalue weighted by atomic mass is 10.5. The van der Waals surface area contributed by atoms with Crippen molar-refractivity contribution >= 4 is 17.7 Å². The van der Waals surface area contributed by atoms with Crippen LogP contribution in [0.15, 0.2) is 0 Å². The van der Waals surface area contributed by atoms with Gasteiger partial charge in [0.05, 0.1) is 5.75 Å². The van der Waals surface area contributed by atoms with Crippen molar-refractivity contribution in [3.05, 3.63) is 0 Å². The summed E-state index contributed by atoms with van der Waals surface area (Å²) in [5.74, 6) is 0.785. The molecule has 1 amide bonds. The Morgan fingerprint density at radius 3 is 2.73 bits per heavy atom. The fraction of sp³-hybridized carbons (Fsp3) is 0.857. The molecule has 66 valence electrons. The summed E-state index contributed by atoms with van der Waals surface area (Å²) < 4.78 is 0. The van der Waals surface area contributed by atoms with Crippen molar-refractivity contribution in [1.82, 2.24) is 10.2 Å². The van der Waals surface area contributed by atoms with Crippen LogP contribution in [0.4, 0.5) is 0 Å². The van der Waals surface area contributed by atoms with Crippen molar-refractivity contribution in [2.75, 3.05) is 39.2 Å². The molecular weight excluding hydrogens is 160 g/mol. The lowest BCUT2D eigenvalue weighted by Crippen LogP contribution is -2.33. The summed E-state index contributed by atoms with van der Waals surface area (Å²) in [5, 5.41) is 2.99. The third-order valence-electron chi connectivity index (χ3n) is 1.39. The summed E-state index contributed by atoms with van der Waals surface area (Å²) in [5.41, 5.74) is 0. The molecule has 0 bridgehead atoms. The average Bonchev–Trinajstić information content (AvgIpc) is 2.00. The van der Waals surface area contributed by atoms with Gasteiger partial charge in [0, 0.05) is 20.1 Å². The van der Waals surface area contributed by atoms with Gasteiger partial charge in [0.2, 0.25) is 5.91 Å². The molecule has 0 aromatic carbocycles. The van der Waals surface area contributed by atoms with Gasteiger partial charge in [-0.15, -0.1) is 0 Å². The molecule has 0 heterocycles. The van der Waals surface area contributed by atoms with Gasteiger partial charge in [-0.3, -0.25) is 4.79 Å². The molecule has 1 N–H and O–H groups in total. The van der Waals surface area contributed by atoms with Crippen molar-refractivity contribution < 1.29 is 4.79 Å². The molecular formula is C7H16N2OS. The Morgan fingerprint density at radius 1 is 1.64 bits per heavy atom. The van der Waals surface area contributed by atoms with Gasteiger partial charge in [-0.25, -0.2) is 0 Å². The van der Waals surface area contributed by atoms with E-state index in [1.807, 2.05) is 20.4 Å². The molecule has 0 atom stereocenters. The SMILES string of the molecule is CNCCN(C)C(=O)CSC. The maximum atomic E-state index is 11.1. The second-order valence-electron chi connectivity index (χ2n) is 2.35. The van der Waals surface area contributed by atoms with Crippen LogP contribution < -0.4 is 5.32 Å². The third-order valence-corrected chi connectivity index (χ3v) is 1.93. The highest BCUT2D eigenvalue weighted by Gasteiger charge is 2.05. The Morgan fingerprint density at radius 2 is 2.27 bits per heavy atom. The average molecular weight is 176 g/mol. The fourth-order valence-electron chi connectivity index (χ4n) is 0.638. The number of carbonyl (C=O) groups excluding carboxylic acids is 1. The van der Waals surface area contributed by atoms with Crippen LogP contribution in [0, 0.1) is 0 Å². The van der Waals surface area contributed by atoms with Gasteiger partial charge in [-0.2, -0.15) is 11.8 Å². The van der Waals surface area contributed by atoms with Crippen molar-refractivity contribution in [3.63, 3.8) is 0 Å². The molecule has 0 rings (SSSR count). The van der Waals surface area contributed by atoms with Gasteiger partial charge >= 0.3 is 0 Å². The molecule has 11 heavy (non-hydrogen) atoms. The number of nitrogens with one attached hydrogen (secondary N) is 1. The molecule has 0 saturated carbocycles. The predicted octanol–water partition coefficient (Wildman–Crippen LogP) is 0.0272. The van der Waals surface area contributed by atoms with Crippen molar-refractivity contribution in [3.8, 4) is 0 Å². The minimum absolute atomic E-state index is 0.202. The maximum absolute atomic E-state index is 11.1. The fourth-order valence-corrected chi connectivity index (χ4v) is 1.11. The highest BCUT2D eigenvalue weighted by atomic mass is 32.2. The van der Waals surface area contributed by atoms with Gasteiger partial charge in [0.25, 0.3) is 0 Å². The Hall–Kier alpha value is -0.220. The minimum Gasteiger partial charge on any atom is -0.344 e. The van der Waals surface area contributed by atoms with Crippen LogP contribution in [0.2, 0.25) is 0 Å². The quantitative estimate of drug-likeness (QED) is 0.641. The molecule has 0 saturated heterocycles. The van der Waals surface area contributed by atoms with E-state index in [1.165, 1.54) is 0 Å². The van der Waals surface area contributed by atoms with E-state index in [-0.39, 0.29) is 5.91 Å². The molecule has 0 aliphatic heterocycles. The van der Waals surface area contributed by atoms with Gasteiger partial charge < -0.3 is 10.2 Å². The van der Waals surface area contributed by atoms with Gasteiger partial charge in [-0.1, -0.05) is 0 Å². The Labute approximate surface area is 72.5 Å². The van der Waals surface area contributed by atoms with Gasteiger partial charge in [0.1, 0.15) is 0 Å². The highest BCUT2D eigenvalue weighted by Crippen LogP contribution is 1.94. The summed E-state index contributed by atoms with van der Waals surface area (Å²) in [6.45, 7) is 1.65. The number of likely N-dealkylation sites (N-methyl/N-ethyl adjacent to an activating group) is 2. The Bertz CT molecular complexity index is 119. The van der Waals surface area contributed by atoms with E-state index in [1.54, 1.807) is 16.7 Å². The van der Waals surface area contributed by atoms with Crippen LogP contribution in [0.1, 0.15) is 0 Å². The second kappa shape index (κ2) is 6.49. The molecule has 0 radical (unpaired) electrons. The van der Waals surface area contributed by atoms with Crippen molar-refractivity contribution in [2.45, 2.75) is 0 Å². The summed E-state index contributed by atoms with van der Waals surface area (Å²) in [4.78, 5) is 12.9. The number of amides is 1.